The number of methoxy groups -OCH3 is 1. The normalized spacial score (nSPS) is 15.9. The lowest BCUT2D eigenvalue weighted by atomic mass is 10.1. The van der Waals surface area contributed by atoms with E-state index in [9.17, 15) is 14.4 Å². The van der Waals surface area contributed by atoms with Crippen LogP contribution in [0.25, 0.3) is 17.0 Å². The molecule has 2 amide bonds. The molecule has 1 fully saturated rings. The number of hydrogen-bond donors (Lipinski definition) is 0. The van der Waals surface area contributed by atoms with Crippen LogP contribution in [0, 0.1) is 0 Å². The van der Waals surface area contributed by atoms with E-state index in [0.29, 0.717) is 5.56 Å². The minimum absolute atomic E-state index is 0.0812. The van der Waals surface area contributed by atoms with Gasteiger partial charge >= 0.3 is 12.1 Å². The third-order valence-corrected chi connectivity index (χ3v) is 3.55. The van der Waals surface area contributed by atoms with Gasteiger partial charge in [-0.15, -0.1) is 0 Å². The van der Waals surface area contributed by atoms with Gasteiger partial charge in [-0.2, -0.15) is 0 Å². The lowest BCUT2D eigenvalue weighted by Gasteiger charge is -2.08. The average molecular weight is 326 g/mol. The third kappa shape index (κ3) is 3.10. The lowest BCUT2D eigenvalue weighted by Crippen LogP contribution is -2.31. The molecular weight excluding hydrogens is 312 g/mol. The highest BCUT2D eigenvalue weighted by Crippen LogP contribution is 2.21. The minimum Gasteiger partial charge on any atom is -0.469 e. The highest BCUT2D eigenvalue weighted by Gasteiger charge is 2.36. The number of ether oxygens (including phenoxy) is 2. The summed E-state index contributed by atoms with van der Waals surface area (Å²) in [5.74, 6) is -1.19. The standard InChI is InChI=1S/C17H14N2O5/c1-23-15(20)6-7-19-16(21)14(24-17(19)22)9-11-8-12-4-2-3-5-13(12)18-10-11/h2-5,8-10H,6-7H2,1H3. The molecule has 1 aromatic heterocycles. The van der Waals surface area contributed by atoms with Gasteiger partial charge in [-0.3, -0.25) is 14.6 Å². The molecule has 2 heterocycles. The van der Waals surface area contributed by atoms with Gasteiger partial charge in [0, 0.05) is 18.1 Å². The Bertz CT molecular complexity index is 859. The van der Waals surface area contributed by atoms with Crippen molar-refractivity contribution in [3.05, 3.63) is 47.9 Å². The molecule has 0 bridgehead atoms. The second-order valence-electron chi connectivity index (χ2n) is 5.12. The average Bonchev–Trinajstić information content (AvgIpc) is 2.86. The number of amides is 2. The molecule has 1 saturated heterocycles. The molecule has 2 aromatic rings. The molecule has 122 valence electrons. The lowest BCUT2D eigenvalue weighted by molar-refractivity contribution is -0.141. The molecule has 0 N–H and O–H groups in total. The maximum atomic E-state index is 12.2. The SMILES string of the molecule is COC(=O)CCN1C(=O)OC(=Cc2cnc3ccccc3c2)C1=O. The summed E-state index contributed by atoms with van der Waals surface area (Å²) in [6.45, 7) is -0.0857. The van der Waals surface area contributed by atoms with Crippen LogP contribution in [0.2, 0.25) is 0 Å². The van der Waals surface area contributed by atoms with Crippen LogP contribution in [0.1, 0.15) is 12.0 Å². The predicted molar refractivity (Wildman–Crippen MR) is 84.5 cm³/mol. The van der Waals surface area contributed by atoms with Crippen molar-refractivity contribution in [1.82, 2.24) is 9.88 Å². The summed E-state index contributed by atoms with van der Waals surface area (Å²) in [7, 11) is 1.24. The molecule has 1 aromatic carbocycles. The zero-order chi connectivity index (χ0) is 17.1. The number of pyridine rings is 1. The number of rotatable bonds is 4. The van der Waals surface area contributed by atoms with Crippen molar-refractivity contribution in [2.24, 2.45) is 0 Å². The Balaban J connectivity index is 1.80. The van der Waals surface area contributed by atoms with Crippen molar-refractivity contribution in [2.45, 2.75) is 6.42 Å². The van der Waals surface area contributed by atoms with Gasteiger partial charge in [-0.25, -0.2) is 9.69 Å². The van der Waals surface area contributed by atoms with Crippen LogP contribution >= 0.6 is 0 Å². The van der Waals surface area contributed by atoms with E-state index in [0.717, 1.165) is 15.8 Å². The number of esters is 1. The van der Waals surface area contributed by atoms with Gasteiger partial charge in [0.15, 0.2) is 5.76 Å². The summed E-state index contributed by atoms with van der Waals surface area (Å²) in [5.41, 5.74) is 1.47. The first-order valence-corrected chi connectivity index (χ1v) is 7.25. The number of benzene rings is 1. The largest absolute Gasteiger partial charge is 0.469 e. The molecule has 1 aliphatic heterocycles. The fraction of sp³-hybridized carbons (Fsp3) is 0.176. The van der Waals surface area contributed by atoms with Crippen LogP contribution < -0.4 is 0 Å². The monoisotopic (exact) mass is 326 g/mol. The van der Waals surface area contributed by atoms with Gasteiger partial charge in [0.25, 0.3) is 5.91 Å². The fourth-order valence-electron chi connectivity index (χ4n) is 2.32. The zero-order valence-corrected chi connectivity index (χ0v) is 12.9. The van der Waals surface area contributed by atoms with E-state index < -0.39 is 18.0 Å². The molecule has 24 heavy (non-hydrogen) atoms. The molecule has 0 atom stereocenters. The number of cyclic esters (lactones) is 1. The van der Waals surface area contributed by atoms with Gasteiger partial charge in [-0.1, -0.05) is 18.2 Å². The molecule has 7 nitrogen and oxygen atoms in total. The number of carbonyl (C=O) groups excluding carboxylic acids is 3. The fourth-order valence-corrected chi connectivity index (χ4v) is 2.32. The number of carbonyl (C=O) groups is 3. The summed E-state index contributed by atoms with van der Waals surface area (Å²) in [4.78, 5) is 40.3. The van der Waals surface area contributed by atoms with Crippen LogP contribution in [-0.2, 0) is 19.1 Å². The van der Waals surface area contributed by atoms with Crippen LogP contribution in [0.5, 0.6) is 0 Å². The van der Waals surface area contributed by atoms with Crippen LogP contribution in [0.3, 0.4) is 0 Å². The Labute approximate surface area is 137 Å². The van der Waals surface area contributed by atoms with E-state index in [1.54, 1.807) is 6.20 Å². The van der Waals surface area contributed by atoms with Crippen molar-refractivity contribution < 1.29 is 23.9 Å². The number of para-hydroxylation sites is 1. The van der Waals surface area contributed by atoms with Crippen molar-refractivity contribution in [3.63, 3.8) is 0 Å². The maximum absolute atomic E-state index is 12.2. The smallest absolute Gasteiger partial charge is 0.422 e. The first-order valence-electron chi connectivity index (χ1n) is 7.25. The maximum Gasteiger partial charge on any atom is 0.422 e. The predicted octanol–water partition coefficient (Wildman–Crippen LogP) is 2.12. The van der Waals surface area contributed by atoms with E-state index in [4.69, 9.17) is 4.74 Å². The minimum atomic E-state index is -0.802. The summed E-state index contributed by atoms with van der Waals surface area (Å²) < 4.78 is 9.48. The van der Waals surface area contributed by atoms with E-state index in [1.165, 1.54) is 13.2 Å². The van der Waals surface area contributed by atoms with Gasteiger partial charge in [-0.05, 0) is 23.8 Å². The number of imide groups is 1. The molecule has 0 aliphatic carbocycles. The summed E-state index contributed by atoms with van der Waals surface area (Å²) >= 11 is 0. The summed E-state index contributed by atoms with van der Waals surface area (Å²) in [5, 5.41) is 0.908. The van der Waals surface area contributed by atoms with E-state index in [1.807, 2.05) is 30.3 Å². The Morgan fingerprint density at radius 1 is 1.33 bits per heavy atom. The molecule has 0 saturated carbocycles. The molecule has 7 heteroatoms. The summed E-state index contributed by atoms with van der Waals surface area (Å²) in [6.07, 6.45) is 2.16. The Morgan fingerprint density at radius 2 is 2.12 bits per heavy atom. The second kappa shape index (κ2) is 6.49. The van der Waals surface area contributed by atoms with Crippen LogP contribution in [0.4, 0.5) is 4.79 Å². The molecule has 3 rings (SSSR count). The quantitative estimate of drug-likeness (QED) is 0.632. The van der Waals surface area contributed by atoms with Gasteiger partial charge in [0.05, 0.1) is 19.0 Å². The van der Waals surface area contributed by atoms with Crippen molar-refractivity contribution in [3.8, 4) is 0 Å². The second-order valence-corrected chi connectivity index (χ2v) is 5.12. The highest BCUT2D eigenvalue weighted by molar-refractivity contribution is 6.10. The summed E-state index contributed by atoms with van der Waals surface area (Å²) in [6, 6.07) is 9.38. The first-order chi connectivity index (χ1) is 11.6. The zero-order valence-electron chi connectivity index (χ0n) is 12.9. The van der Waals surface area contributed by atoms with Gasteiger partial charge < -0.3 is 9.47 Å². The third-order valence-electron chi connectivity index (χ3n) is 3.55. The number of nitrogens with zero attached hydrogens (tertiary/aromatic N) is 2. The molecule has 0 spiro atoms. The van der Waals surface area contributed by atoms with E-state index in [-0.39, 0.29) is 18.7 Å². The Hall–Kier alpha value is -3.22. The number of aromatic nitrogens is 1. The first kappa shape index (κ1) is 15.7. The Kier molecular flexibility index (Phi) is 4.24. The van der Waals surface area contributed by atoms with Gasteiger partial charge in [0.1, 0.15) is 0 Å². The molecule has 0 unspecified atom stereocenters. The van der Waals surface area contributed by atoms with Crippen LogP contribution in [0.15, 0.2) is 42.3 Å². The van der Waals surface area contributed by atoms with Crippen LogP contribution in [-0.4, -0.2) is 41.5 Å². The van der Waals surface area contributed by atoms with Crippen molar-refractivity contribution in [2.75, 3.05) is 13.7 Å². The molecular formula is C17H14N2O5. The highest BCUT2D eigenvalue weighted by atomic mass is 16.6. The number of hydrogen-bond acceptors (Lipinski definition) is 6. The topological polar surface area (TPSA) is 85.8 Å². The molecule has 0 radical (unpaired) electrons. The Morgan fingerprint density at radius 3 is 2.92 bits per heavy atom. The van der Waals surface area contributed by atoms with Crippen molar-refractivity contribution in [1.29, 1.82) is 0 Å². The van der Waals surface area contributed by atoms with E-state index in [2.05, 4.69) is 9.72 Å². The number of fused-ring (bicyclic) bond motifs is 1. The van der Waals surface area contributed by atoms with Gasteiger partial charge in [0.2, 0.25) is 0 Å². The van der Waals surface area contributed by atoms with E-state index >= 15 is 0 Å². The molecule has 1 aliphatic rings. The van der Waals surface area contributed by atoms with Crippen molar-refractivity contribution >= 4 is 34.9 Å².